The Labute approximate surface area is 193 Å². The number of halogens is 4. The summed E-state index contributed by atoms with van der Waals surface area (Å²) in [5.74, 6) is -0.822. The zero-order chi connectivity index (χ0) is 23.8. The Morgan fingerprint density at radius 2 is 1.91 bits per heavy atom. The molecule has 0 radical (unpaired) electrons. The van der Waals surface area contributed by atoms with Gasteiger partial charge in [-0.15, -0.1) is 0 Å². The lowest BCUT2D eigenvalue weighted by Gasteiger charge is -2.34. The van der Waals surface area contributed by atoms with Gasteiger partial charge >= 0.3 is 6.18 Å². The minimum atomic E-state index is -4.61. The Morgan fingerprint density at radius 3 is 2.61 bits per heavy atom. The molecule has 0 aliphatic heterocycles. The number of amides is 1. The normalized spacial score (nSPS) is 18.6. The van der Waals surface area contributed by atoms with Crippen LogP contribution in [0.2, 0.25) is 5.02 Å². The third-order valence-corrected chi connectivity index (χ3v) is 6.25. The molecule has 0 saturated heterocycles. The lowest BCUT2D eigenvalue weighted by atomic mass is 9.77. The number of carbonyl (C=O) groups is 1. The molecule has 1 unspecified atom stereocenters. The van der Waals surface area contributed by atoms with Gasteiger partial charge in [0.1, 0.15) is 5.69 Å². The van der Waals surface area contributed by atoms with Crippen LogP contribution in [-0.2, 0) is 6.18 Å². The highest BCUT2D eigenvalue weighted by atomic mass is 35.5. The van der Waals surface area contributed by atoms with Gasteiger partial charge in [0.15, 0.2) is 0 Å². The maximum atomic E-state index is 13.5. The van der Waals surface area contributed by atoms with E-state index in [2.05, 4.69) is 10.3 Å². The van der Waals surface area contributed by atoms with E-state index in [1.807, 2.05) is 6.07 Å². The van der Waals surface area contributed by atoms with Crippen LogP contribution in [0.25, 0.3) is 10.9 Å². The zero-order valence-corrected chi connectivity index (χ0v) is 18.2. The number of anilines is 1. The molecular formula is C24H20ClF3N4O. The van der Waals surface area contributed by atoms with Crippen LogP contribution in [0.4, 0.5) is 18.9 Å². The molecule has 2 aromatic carbocycles. The molecule has 1 fully saturated rings. The molecule has 1 heterocycles. The van der Waals surface area contributed by atoms with Crippen LogP contribution in [0.1, 0.15) is 58.8 Å². The Morgan fingerprint density at radius 1 is 1.15 bits per heavy atom. The van der Waals surface area contributed by atoms with Crippen molar-refractivity contribution >= 4 is 34.1 Å². The predicted molar refractivity (Wildman–Crippen MR) is 120 cm³/mol. The minimum absolute atomic E-state index is 0.175. The van der Waals surface area contributed by atoms with E-state index >= 15 is 0 Å². The Bertz CT molecular complexity index is 1270. The number of nitrogens with one attached hydrogen (secondary N) is 1. The van der Waals surface area contributed by atoms with Crippen molar-refractivity contribution in [2.45, 2.75) is 43.8 Å². The first-order valence-corrected chi connectivity index (χ1v) is 10.8. The van der Waals surface area contributed by atoms with Gasteiger partial charge in [0, 0.05) is 33.6 Å². The van der Waals surface area contributed by atoms with Crippen LogP contribution in [-0.4, -0.2) is 16.9 Å². The summed E-state index contributed by atoms with van der Waals surface area (Å²) < 4.78 is 40.5. The Hall–Kier alpha value is -3.31. The average Bonchev–Trinajstić information content (AvgIpc) is 2.78. The van der Waals surface area contributed by atoms with Gasteiger partial charge in [-0.3, -0.25) is 4.79 Å². The number of hydrogen-bond donors (Lipinski definition) is 2. The SMILES string of the molecule is N#Cc1ccc(C2CCCC[C@@H]2Nc2cc(C(F)(F)F)nc3ccc(Cl)cc23)c(C(N)=O)c1. The topological polar surface area (TPSA) is 91.8 Å². The van der Waals surface area contributed by atoms with Crippen molar-refractivity contribution in [3.63, 3.8) is 0 Å². The van der Waals surface area contributed by atoms with Gasteiger partial charge in [0.05, 0.1) is 17.1 Å². The van der Waals surface area contributed by atoms with E-state index in [1.165, 1.54) is 18.2 Å². The molecular weight excluding hydrogens is 453 g/mol. The third kappa shape index (κ3) is 4.74. The second kappa shape index (κ2) is 8.91. The van der Waals surface area contributed by atoms with Crippen LogP contribution in [0, 0.1) is 11.3 Å². The number of aromatic nitrogens is 1. The fourth-order valence-electron chi connectivity index (χ4n) is 4.50. The van der Waals surface area contributed by atoms with Gasteiger partial charge < -0.3 is 11.1 Å². The number of primary amides is 1. The Kier molecular flexibility index (Phi) is 6.17. The first-order valence-electron chi connectivity index (χ1n) is 10.5. The maximum absolute atomic E-state index is 13.5. The molecule has 170 valence electrons. The van der Waals surface area contributed by atoms with Crippen molar-refractivity contribution in [2.75, 3.05) is 5.32 Å². The quantitative estimate of drug-likeness (QED) is 0.486. The zero-order valence-electron chi connectivity index (χ0n) is 17.4. The van der Waals surface area contributed by atoms with Crippen molar-refractivity contribution in [1.82, 2.24) is 4.98 Å². The molecule has 5 nitrogen and oxygen atoms in total. The van der Waals surface area contributed by atoms with Crippen molar-refractivity contribution in [2.24, 2.45) is 5.73 Å². The summed E-state index contributed by atoms with van der Waals surface area (Å²) in [7, 11) is 0. The number of nitrogens with zero attached hydrogens (tertiary/aromatic N) is 2. The highest BCUT2D eigenvalue weighted by Crippen LogP contribution is 2.39. The van der Waals surface area contributed by atoms with E-state index in [-0.39, 0.29) is 28.7 Å². The molecule has 4 rings (SSSR count). The van der Waals surface area contributed by atoms with Crippen molar-refractivity contribution in [3.05, 3.63) is 69.9 Å². The average molecular weight is 473 g/mol. The highest BCUT2D eigenvalue weighted by molar-refractivity contribution is 6.31. The van der Waals surface area contributed by atoms with E-state index < -0.39 is 17.8 Å². The molecule has 3 N–H and O–H groups in total. The van der Waals surface area contributed by atoms with E-state index in [0.717, 1.165) is 25.3 Å². The molecule has 33 heavy (non-hydrogen) atoms. The largest absolute Gasteiger partial charge is 0.433 e. The number of alkyl halides is 3. The number of benzene rings is 2. The smallest absolute Gasteiger partial charge is 0.381 e. The van der Waals surface area contributed by atoms with Gasteiger partial charge in [-0.25, -0.2) is 4.98 Å². The lowest BCUT2D eigenvalue weighted by molar-refractivity contribution is -0.140. The first kappa shape index (κ1) is 22.9. The summed E-state index contributed by atoms with van der Waals surface area (Å²) in [6, 6.07) is 12.1. The maximum Gasteiger partial charge on any atom is 0.433 e. The molecule has 2 atom stereocenters. The number of hydrogen-bond acceptors (Lipinski definition) is 4. The van der Waals surface area contributed by atoms with Crippen LogP contribution >= 0.6 is 11.6 Å². The standard InChI is InChI=1S/C24H20ClF3N4O/c25-14-6-8-20-18(10-14)21(11-22(32-20)24(26,27)28)31-19-4-2-1-3-16(19)15-7-5-13(12-29)9-17(15)23(30)33/h5-11,16,19H,1-4H2,(H2,30,33)(H,31,32)/t16?,19-/m0/s1. The molecule has 0 spiro atoms. The fraction of sp³-hybridized carbons (Fsp3) is 0.292. The van der Waals surface area contributed by atoms with Crippen molar-refractivity contribution in [1.29, 1.82) is 5.26 Å². The van der Waals surface area contributed by atoms with E-state index in [9.17, 15) is 23.2 Å². The number of carbonyl (C=O) groups excluding carboxylic acids is 1. The molecule has 9 heteroatoms. The minimum Gasteiger partial charge on any atom is -0.381 e. The van der Waals surface area contributed by atoms with E-state index in [4.69, 9.17) is 17.3 Å². The number of nitrogens with two attached hydrogens (primary N) is 1. The fourth-order valence-corrected chi connectivity index (χ4v) is 4.67. The summed E-state index contributed by atoms with van der Waals surface area (Å²) in [5, 5.41) is 13.3. The molecule has 1 aromatic heterocycles. The van der Waals surface area contributed by atoms with Crippen LogP contribution in [0.3, 0.4) is 0 Å². The lowest BCUT2D eigenvalue weighted by Crippen LogP contribution is -2.32. The number of pyridine rings is 1. The highest BCUT2D eigenvalue weighted by Gasteiger charge is 2.35. The van der Waals surface area contributed by atoms with E-state index in [0.29, 0.717) is 28.0 Å². The van der Waals surface area contributed by atoms with Crippen LogP contribution in [0.5, 0.6) is 0 Å². The Balaban J connectivity index is 1.79. The van der Waals surface area contributed by atoms with E-state index in [1.54, 1.807) is 18.2 Å². The summed E-state index contributed by atoms with van der Waals surface area (Å²) in [5.41, 5.74) is 6.31. The first-order chi connectivity index (χ1) is 15.7. The molecule has 3 aromatic rings. The van der Waals surface area contributed by atoms with Crippen molar-refractivity contribution in [3.8, 4) is 6.07 Å². The molecule has 1 aliphatic rings. The molecule has 0 bridgehead atoms. The third-order valence-electron chi connectivity index (χ3n) is 6.02. The van der Waals surface area contributed by atoms with Gasteiger partial charge in [-0.1, -0.05) is 30.5 Å². The number of nitriles is 1. The summed E-state index contributed by atoms with van der Waals surface area (Å²) in [6.07, 6.45) is -1.42. The molecule has 1 amide bonds. The molecule has 1 saturated carbocycles. The van der Waals surface area contributed by atoms with Gasteiger partial charge in [-0.05, 0) is 54.8 Å². The summed E-state index contributed by atoms with van der Waals surface area (Å²) in [6.45, 7) is 0. The van der Waals surface area contributed by atoms with Gasteiger partial charge in [0.2, 0.25) is 5.91 Å². The van der Waals surface area contributed by atoms with Crippen LogP contribution < -0.4 is 11.1 Å². The second-order valence-electron chi connectivity index (χ2n) is 8.13. The predicted octanol–water partition coefficient (Wildman–Crippen LogP) is 6.02. The number of rotatable bonds is 4. The van der Waals surface area contributed by atoms with Crippen LogP contribution in [0.15, 0.2) is 42.5 Å². The summed E-state index contributed by atoms with van der Waals surface area (Å²) in [4.78, 5) is 15.9. The monoisotopic (exact) mass is 472 g/mol. The second-order valence-corrected chi connectivity index (χ2v) is 8.57. The number of fused-ring (bicyclic) bond motifs is 1. The molecule has 1 aliphatic carbocycles. The van der Waals surface area contributed by atoms with Gasteiger partial charge in [-0.2, -0.15) is 18.4 Å². The summed E-state index contributed by atoms with van der Waals surface area (Å²) >= 11 is 6.12. The van der Waals surface area contributed by atoms with Crippen molar-refractivity contribution < 1.29 is 18.0 Å². The van der Waals surface area contributed by atoms with Gasteiger partial charge in [0.25, 0.3) is 0 Å².